The normalized spacial score (nSPS) is 11.6. The average molecular weight is 381 g/mol. The van der Waals surface area contributed by atoms with Crippen molar-refractivity contribution >= 4 is 5.91 Å². The van der Waals surface area contributed by atoms with Crippen molar-refractivity contribution in [1.29, 1.82) is 0 Å². The van der Waals surface area contributed by atoms with Crippen LogP contribution in [0.25, 0.3) is 0 Å². The number of likely N-dealkylation sites (N-methyl/N-ethyl adjacent to an activating group) is 1. The van der Waals surface area contributed by atoms with E-state index in [0.717, 1.165) is 37.2 Å². The first-order valence-electron chi connectivity index (χ1n) is 10.7. The standard InChI is InChI=1S/C25H36N2O/c1-4-6-19-27(20-7-5-2)21-18-25(24(28)26-3,22-14-10-8-11-15-22)23-16-12-9-13-17-23/h8-17H,4-7,18-21H2,1-3H3,(H,26,28). The van der Waals surface area contributed by atoms with Gasteiger partial charge in [-0.3, -0.25) is 4.79 Å². The second-order valence-electron chi connectivity index (χ2n) is 7.52. The maximum absolute atomic E-state index is 13.3. The number of amides is 1. The van der Waals surface area contributed by atoms with E-state index in [9.17, 15) is 4.79 Å². The van der Waals surface area contributed by atoms with E-state index in [1.54, 1.807) is 7.05 Å². The lowest BCUT2D eigenvalue weighted by atomic mass is 9.71. The van der Waals surface area contributed by atoms with Gasteiger partial charge in [-0.2, -0.15) is 0 Å². The molecule has 0 aliphatic heterocycles. The summed E-state index contributed by atoms with van der Waals surface area (Å²) in [5, 5.41) is 2.96. The average Bonchev–Trinajstić information content (AvgIpc) is 2.76. The zero-order chi connectivity index (χ0) is 20.2. The Labute approximate surface area is 171 Å². The van der Waals surface area contributed by atoms with Crippen molar-refractivity contribution in [3.63, 3.8) is 0 Å². The highest BCUT2D eigenvalue weighted by molar-refractivity contribution is 5.92. The molecule has 3 heteroatoms. The Morgan fingerprint density at radius 2 is 1.29 bits per heavy atom. The van der Waals surface area contributed by atoms with Gasteiger partial charge in [0.1, 0.15) is 5.41 Å². The number of nitrogens with one attached hydrogen (secondary N) is 1. The number of hydrogen-bond acceptors (Lipinski definition) is 2. The molecule has 28 heavy (non-hydrogen) atoms. The quantitative estimate of drug-likeness (QED) is 0.561. The first kappa shape index (κ1) is 22.2. The number of carbonyl (C=O) groups is 1. The molecule has 2 aromatic carbocycles. The highest BCUT2D eigenvalue weighted by atomic mass is 16.2. The van der Waals surface area contributed by atoms with E-state index in [1.165, 1.54) is 25.7 Å². The summed E-state index contributed by atoms with van der Waals surface area (Å²) in [5.74, 6) is 0.0656. The first-order chi connectivity index (χ1) is 13.7. The molecule has 0 unspecified atom stereocenters. The van der Waals surface area contributed by atoms with Gasteiger partial charge in [0.15, 0.2) is 0 Å². The third kappa shape index (κ3) is 5.45. The van der Waals surface area contributed by atoms with Crippen LogP contribution in [0.3, 0.4) is 0 Å². The number of unbranched alkanes of at least 4 members (excludes halogenated alkanes) is 2. The molecule has 3 nitrogen and oxygen atoms in total. The van der Waals surface area contributed by atoms with E-state index in [-0.39, 0.29) is 5.91 Å². The van der Waals surface area contributed by atoms with Crippen LogP contribution in [0.2, 0.25) is 0 Å². The van der Waals surface area contributed by atoms with Crippen LogP contribution >= 0.6 is 0 Å². The highest BCUT2D eigenvalue weighted by Gasteiger charge is 2.41. The molecule has 0 saturated heterocycles. The van der Waals surface area contributed by atoms with Crippen molar-refractivity contribution in [2.45, 2.75) is 51.4 Å². The Balaban J connectivity index is 2.40. The molecule has 2 rings (SSSR count). The van der Waals surface area contributed by atoms with Crippen molar-refractivity contribution < 1.29 is 4.79 Å². The minimum atomic E-state index is -0.673. The fourth-order valence-electron chi connectivity index (χ4n) is 3.91. The molecular weight excluding hydrogens is 344 g/mol. The second kappa shape index (κ2) is 11.7. The van der Waals surface area contributed by atoms with Crippen LogP contribution in [0.5, 0.6) is 0 Å². The Hall–Kier alpha value is -2.13. The maximum atomic E-state index is 13.3. The molecule has 0 bridgehead atoms. The van der Waals surface area contributed by atoms with Gasteiger partial charge in [0, 0.05) is 7.05 Å². The summed E-state index contributed by atoms with van der Waals surface area (Å²) >= 11 is 0. The van der Waals surface area contributed by atoms with E-state index in [2.05, 4.69) is 48.3 Å². The van der Waals surface area contributed by atoms with Crippen LogP contribution in [0.15, 0.2) is 60.7 Å². The summed E-state index contributed by atoms with van der Waals surface area (Å²) in [7, 11) is 1.74. The van der Waals surface area contributed by atoms with E-state index in [1.807, 2.05) is 36.4 Å². The Kier molecular flexibility index (Phi) is 9.22. The van der Waals surface area contributed by atoms with E-state index in [0.29, 0.717) is 0 Å². The predicted molar refractivity (Wildman–Crippen MR) is 119 cm³/mol. The van der Waals surface area contributed by atoms with Crippen molar-refractivity contribution in [2.75, 3.05) is 26.7 Å². The molecule has 152 valence electrons. The van der Waals surface area contributed by atoms with Gasteiger partial charge in [0.2, 0.25) is 5.91 Å². The minimum Gasteiger partial charge on any atom is -0.358 e. The van der Waals surface area contributed by atoms with Gasteiger partial charge >= 0.3 is 0 Å². The monoisotopic (exact) mass is 380 g/mol. The maximum Gasteiger partial charge on any atom is 0.234 e. The molecule has 0 fully saturated rings. The van der Waals surface area contributed by atoms with Gasteiger partial charge in [-0.1, -0.05) is 87.4 Å². The molecule has 0 aliphatic carbocycles. The van der Waals surface area contributed by atoms with Crippen LogP contribution in [-0.4, -0.2) is 37.5 Å². The molecule has 0 atom stereocenters. The number of hydrogen-bond donors (Lipinski definition) is 1. The molecule has 1 amide bonds. The number of carbonyl (C=O) groups excluding carboxylic acids is 1. The molecular formula is C25H36N2O. The molecule has 0 aliphatic rings. The van der Waals surface area contributed by atoms with Gasteiger partial charge in [0.05, 0.1) is 0 Å². The third-order valence-corrected chi connectivity index (χ3v) is 5.61. The zero-order valence-electron chi connectivity index (χ0n) is 17.8. The Bertz CT molecular complexity index is 637. The Morgan fingerprint density at radius 3 is 1.68 bits per heavy atom. The summed E-state index contributed by atoms with van der Waals surface area (Å²) in [6.45, 7) is 7.59. The molecule has 0 radical (unpaired) electrons. The van der Waals surface area contributed by atoms with E-state index in [4.69, 9.17) is 0 Å². The molecule has 2 aromatic rings. The van der Waals surface area contributed by atoms with Crippen molar-refractivity contribution in [3.8, 4) is 0 Å². The number of nitrogens with zero attached hydrogens (tertiary/aromatic N) is 1. The summed E-state index contributed by atoms with van der Waals surface area (Å²) < 4.78 is 0. The van der Waals surface area contributed by atoms with Gasteiger partial charge in [-0.05, 0) is 50.0 Å². The van der Waals surface area contributed by atoms with Gasteiger partial charge in [-0.25, -0.2) is 0 Å². The topological polar surface area (TPSA) is 32.3 Å². The van der Waals surface area contributed by atoms with E-state index < -0.39 is 5.41 Å². The highest BCUT2D eigenvalue weighted by Crippen LogP contribution is 2.36. The SMILES string of the molecule is CCCCN(CCCC)CCC(C(=O)NC)(c1ccccc1)c1ccccc1. The van der Waals surface area contributed by atoms with Crippen LogP contribution in [-0.2, 0) is 10.2 Å². The molecule has 1 N–H and O–H groups in total. The number of benzene rings is 2. The van der Waals surface area contributed by atoms with Crippen LogP contribution in [0.1, 0.15) is 57.1 Å². The number of rotatable bonds is 12. The van der Waals surface area contributed by atoms with Crippen molar-refractivity contribution in [3.05, 3.63) is 71.8 Å². The fourth-order valence-corrected chi connectivity index (χ4v) is 3.91. The summed E-state index contributed by atoms with van der Waals surface area (Å²) in [6.07, 6.45) is 5.57. The molecule has 0 heterocycles. The molecule has 0 spiro atoms. The van der Waals surface area contributed by atoms with Crippen molar-refractivity contribution in [2.24, 2.45) is 0 Å². The second-order valence-corrected chi connectivity index (χ2v) is 7.52. The largest absolute Gasteiger partial charge is 0.358 e. The van der Waals surface area contributed by atoms with Crippen LogP contribution < -0.4 is 5.32 Å². The van der Waals surface area contributed by atoms with Gasteiger partial charge < -0.3 is 10.2 Å². The summed E-state index contributed by atoms with van der Waals surface area (Å²) in [5.41, 5.74) is 1.45. The molecule has 0 saturated carbocycles. The van der Waals surface area contributed by atoms with Gasteiger partial charge in [-0.15, -0.1) is 0 Å². The van der Waals surface area contributed by atoms with Crippen LogP contribution in [0.4, 0.5) is 0 Å². The lowest BCUT2D eigenvalue weighted by Gasteiger charge is -2.35. The minimum absolute atomic E-state index is 0.0656. The third-order valence-electron chi connectivity index (χ3n) is 5.61. The smallest absolute Gasteiger partial charge is 0.234 e. The van der Waals surface area contributed by atoms with Crippen molar-refractivity contribution in [1.82, 2.24) is 10.2 Å². The van der Waals surface area contributed by atoms with Crippen LogP contribution in [0, 0.1) is 0 Å². The molecule has 0 aromatic heterocycles. The summed E-state index contributed by atoms with van der Waals surface area (Å²) in [6, 6.07) is 20.5. The fraction of sp³-hybridized carbons (Fsp3) is 0.480. The van der Waals surface area contributed by atoms with Gasteiger partial charge in [0.25, 0.3) is 0 Å². The lowest BCUT2D eigenvalue weighted by molar-refractivity contribution is -0.125. The predicted octanol–water partition coefficient (Wildman–Crippen LogP) is 5.01. The summed E-state index contributed by atoms with van der Waals surface area (Å²) in [4.78, 5) is 15.9. The Morgan fingerprint density at radius 1 is 0.821 bits per heavy atom. The van der Waals surface area contributed by atoms with E-state index >= 15 is 0 Å². The first-order valence-corrected chi connectivity index (χ1v) is 10.7. The lowest BCUT2D eigenvalue weighted by Crippen LogP contribution is -2.46. The zero-order valence-corrected chi connectivity index (χ0v) is 17.8.